The second-order valence-corrected chi connectivity index (χ2v) is 12.6. The normalized spacial score (nSPS) is 15.3. The van der Waals surface area contributed by atoms with Crippen molar-refractivity contribution in [3.63, 3.8) is 0 Å². The van der Waals surface area contributed by atoms with Gasteiger partial charge in [-0.05, 0) is 44.9 Å². The number of carbonyl (C=O) groups is 3. The lowest BCUT2D eigenvalue weighted by Gasteiger charge is -2.52. The fraction of sp³-hybridized carbons (Fsp3) is 0.861. The first-order valence-electron chi connectivity index (χ1n) is 17.9. The molecule has 3 atom stereocenters. The van der Waals surface area contributed by atoms with Gasteiger partial charge in [0.15, 0.2) is 12.1 Å². The maximum absolute atomic E-state index is 12.6. The van der Waals surface area contributed by atoms with Gasteiger partial charge in [-0.25, -0.2) is 9.59 Å². The summed E-state index contributed by atoms with van der Waals surface area (Å²) in [6.07, 6.45) is 27.1. The highest BCUT2D eigenvalue weighted by atomic mass is 16.4. The summed E-state index contributed by atoms with van der Waals surface area (Å²) >= 11 is 0. The van der Waals surface area contributed by atoms with Gasteiger partial charge in [-0.2, -0.15) is 0 Å². The zero-order valence-electron chi connectivity index (χ0n) is 28.3. The summed E-state index contributed by atoms with van der Waals surface area (Å²) in [5.74, 6) is -3.55. The highest BCUT2D eigenvalue weighted by molar-refractivity contribution is 5.77. The Balaban J connectivity index is 4.79. The van der Waals surface area contributed by atoms with Gasteiger partial charge in [-0.15, -0.1) is 0 Å². The molecule has 0 rings (SSSR count). The molecule has 0 fully saturated rings. The van der Waals surface area contributed by atoms with Crippen LogP contribution in [-0.2, 0) is 14.4 Å². The number of nitrogens with zero attached hydrogens (tertiary/aromatic N) is 1. The van der Waals surface area contributed by atoms with Crippen molar-refractivity contribution < 1.29 is 34.2 Å². The van der Waals surface area contributed by atoms with Crippen molar-refractivity contribution in [3.05, 3.63) is 12.2 Å². The van der Waals surface area contributed by atoms with Crippen LogP contribution in [0.3, 0.4) is 0 Å². The average Bonchev–Trinajstić information content (AvgIpc) is 2.97. The van der Waals surface area contributed by atoms with Gasteiger partial charge in [-0.1, -0.05) is 123 Å². The van der Waals surface area contributed by atoms with Gasteiger partial charge in [-0.3, -0.25) is 4.48 Å². The quantitative estimate of drug-likeness (QED) is 0.0463. The SMILES string of the molecule is CCC/C=C/CCCCCCCCCCCCCCCC[N+](C(CCC)C(=O)[O-])(C(CCC)C(=O)O)C(CCC)C(=O)O. The van der Waals surface area contributed by atoms with E-state index in [1.54, 1.807) is 0 Å². The second-order valence-electron chi connectivity index (χ2n) is 12.6. The van der Waals surface area contributed by atoms with Gasteiger partial charge >= 0.3 is 11.9 Å². The standard InChI is InChI=1S/C36H67NO6/c1-5-9-10-11-12-13-14-15-16-17-18-19-20-21-22-23-24-25-26-30-37(31(27-6-2)34(38)39,32(28-7-3)35(40)41)33(29-8-4)36(42)43/h10-11,31-33H,5-9,12-30H2,1-4H3,(H2-,38,39,40,41,42,43)/b11-10+. The Kier molecular flexibility index (Phi) is 25.3. The number of hydrogen-bond acceptors (Lipinski definition) is 4. The monoisotopic (exact) mass is 609 g/mol. The first-order valence-corrected chi connectivity index (χ1v) is 17.9. The molecule has 3 unspecified atom stereocenters. The predicted octanol–water partition coefficient (Wildman–Crippen LogP) is 8.44. The average molecular weight is 610 g/mol. The molecule has 0 spiro atoms. The molecule has 7 heteroatoms. The lowest BCUT2D eigenvalue weighted by Crippen LogP contribution is -2.74. The van der Waals surface area contributed by atoms with Crippen LogP contribution in [0.4, 0.5) is 0 Å². The van der Waals surface area contributed by atoms with Crippen LogP contribution in [-0.4, -0.2) is 57.3 Å². The minimum absolute atomic E-state index is 0.208. The van der Waals surface area contributed by atoms with E-state index in [2.05, 4.69) is 19.1 Å². The third kappa shape index (κ3) is 16.7. The van der Waals surface area contributed by atoms with Crippen molar-refractivity contribution in [2.45, 2.75) is 193 Å². The number of unbranched alkanes of at least 4 members (excludes halogenated alkanes) is 15. The molecule has 0 aromatic carbocycles. The summed E-state index contributed by atoms with van der Waals surface area (Å²) in [7, 11) is 0. The lowest BCUT2D eigenvalue weighted by atomic mass is 9.91. The lowest BCUT2D eigenvalue weighted by molar-refractivity contribution is -0.975. The van der Waals surface area contributed by atoms with Crippen molar-refractivity contribution in [3.8, 4) is 0 Å². The van der Waals surface area contributed by atoms with E-state index >= 15 is 0 Å². The summed E-state index contributed by atoms with van der Waals surface area (Å²) in [6.45, 7) is 8.03. The van der Waals surface area contributed by atoms with Crippen molar-refractivity contribution in [2.75, 3.05) is 6.54 Å². The summed E-state index contributed by atoms with van der Waals surface area (Å²) in [5.41, 5.74) is 0. The number of carbonyl (C=O) groups excluding carboxylic acids is 1. The fourth-order valence-electron chi connectivity index (χ4n) is 6.80. The summed E-state index contributed by atoms with van der Waals surface area (Å²) in [5, 5.41) is 33.0. The van der Waals surface area contributed by atoms with E-state index in [9.17, 15) is 29.7 Å². The van der Waals surface area contributed by atoms with Crippen molar-refractivity contribution in [1.82, 2.24) is 0 Å². The van der Waals surface area contributed by atoms with Crippen molar-refractivity contribution >= 4 is 17.9 Å². The molecular formula is C36H67NO6. The molecule has 0 aromatic rings. The molecule has 43 heavy (non-hydrogen) atoms. The van der Waals surface area contributed by atoms with Gasteiger partial charge in [0, 0.05) is 19.3 Å². The molecule has 0 aromatic heterocycles. The molecule has 0 aliphatic rings. The van der Waals surface area contributed by atoms with Crippen LogP contribution in [0.5, 0.6) is 0 Å². The molecule has 0 radical (unpaired) electrons. The van der Waals surface area contributed by atoms with E-state index in [1.165, 1.54) is 83.5 Å². The van der Waals surface area contributed by atoms with E-state index in [0.29, 0.717) is 25.7 Å². The number of rotatable bonds is 31. The van der Waals surface area contributed by atoms with Crippen LogP contribution in [0, 0.1) is 0 Å². The second kappa shape index (κ2) is 26.5. The Labute approximate surface area is 264 Å². The Hall–Kier alpha value is -1.89. The molecule has 0 aliphatic carbocycles. The molecule has 0 saturated carbocycles. The van der Waals surface area contributed by atoms with E-state index in [-0.39, 0.29) is 25.8 Å². The summed E-state index contributed by atoms with van der Waals surface area (Å²) < 4.78 is -0.432. The van der Waals surface area contributed by atoms with Gasteiger partial charge < -0.3 is 20.1 Å². The molecule has 0 saturated heterocycles. The van der Waals surface area contributed by atoms with Gasteiger partial charge in [0.1, 0.15) is 6.04 Å². The van der Waals surface area contributed by atoms with Crippen LogP contribution < -0.4 is 5.11 Å². The van der Waals surface area contributed by atoms with E-state index in [4.69, 9.17) is 0 Å². The summed E-state index contributed by atoms with van der Waals surface area (Å²) in [4.78, 5) is 37.6. The molecular weight excluding hydrogens is 542 g/mol. The maximum Gasteiger partial charge on any atom is 0.362 e. The van der Waals surface area contributed by atoms with Crippen LogP contribution in [0.2, 0.25) is 0 Å². The zero-order valence-corrected chi connectivity index (χ0v) is 28.3. The molecule has 0 amide bonds. The van der Waals surface area contributed by atoms with Crippen LogP contribution in [0.1, 0.15) is 175 Å². The van der Waals surface area contributed by atoms with E-state index in [1.807, 2.05) is 20.8 Å². The Morgan fingerprint density at radius 3 is 1.23 bits per heavy atom. The number of hydrogen-bond donors (Lipinski definition) is 2. The highest BCUT2D eigenvalue weighted by Gasteiger charge is 2.54. The minimum Gasteiger partial charge on any atom is -0.544 e. The zero-order chi connectivity index (χ0) is 32.3. The van der Waals surface area contributed by atoms with Gasteiger partial charge in [0.25, 0.3) is 0 Å². The highest BCUT2D eigenvalue weighted by Crippen LogP contribution is 2.34. The molecule has 0 bridgehead atoms. The fourth-order valence-corrected chi connectivity index (χ4v) is 6.80. The third-order valence-electron chi connectivity index (χ3n) is 9.06. The van der Waals surface area contributed by atoms with Crippen LogP contribution in [0.25, 0.3) is 0 Å². The Bertz CT molecular complexity index is 692. The minimum atomic E-state index is -1.33. The Morgan fingerprint density at radius 1 is 0.535 bits per heavy atom. The number of aliphatic carboxylic acids is 3. The van der Waals surface area contributed by atoms with Crippen molar-refractivity contribution in [1.29, 1.82) is 0 Å². The molecule has 7 nitrogen and oxygen atoms in total. The molecule has 0 aliphatic heterocycles. The van der Waals surface area contributed by atoms with E-state index in [0.717, 1.165) is 19.3 Å². The number of quaternary nitrogens is 1. The van der Waals surface area contributed by atoms with E-state index < -0.39 is 40.5 Å². The molecule has 2 N–H and O–H groups in total. The molecule has 0 heterocycles. The van der Waals surface area contributed by atoms with Crippen LogP contribution in [0.15, 0.2) is 12.2 Å². The predicted molar refractivity (Wildman–Crippen MR) is 175 cm³/mol. The van der Waals surface area contributed by atoms with Gasteiger partial charge in [0.2, 0.25) is 0 Å². The van der Waals surface area contributed by atoms with Crippen molar-refractivity contribution in [2.24, 2.45) is 0 Å². The maximum atomic E-state index is 12.6. The number of carboxylic acids is 3. The first-order chi connectivity index (χ1) is 20.7. The van der Waals surface area contributed by atoms with Gasteiger partial charge in [0.05, 0.1) is 12.5 Å². The Morgan fingerprint density at radius 2 is 0.884 bits per heavy atom. The smallest absolute Gasteiger partial charge is 0.362 e. The molecule has 252 valence electrons. The largest absolute Gasteiger partial charge is 0.544 e. The first kappa shape index (κ1) is 41.1. The number of carboxylic acid groups (broad SMARTS) is 3. The van der Waals surface area contributed by atoms with Crippen LogP contribution >= 0.6 is 0 Å². The topological polar surface area (TPSA) is 115 Å². The summed E-state index contributed by atoms with van der Waals surface area (Å²) in [6, 6.07) is -3.32. The third-order valence-corrected chi connectivity index (χ3v) is 9.06. The number of allylic oxidation sites excluding steroid dienone is 2.